The molecule has 2 aliphatic heterocycles. The molecule has 0 saturated carbocycles. The van der Waals surface area contributed by atoms with Crippen LogP contribution in [0.1, 0.15) is 28.7 Å². The standard InChI is InChI=1S/C24H27N3O2/c28-23(26-11-9-17-5-1-4-8-20(17)16-26)15-22-24(29)25-10-12-27(22)21-13-18-6-2-3-7-19(18)14-21/h1-8,21-22H,9-16H2,(H,25,29). The third kappa shape index (κ3) is 3.55. The van der Waals surface area contributed by atoms with Crippen LogP contribution in [0.25, 0.3) is 0 Å². The van der Waals surface area contributed by atoms with Crippen LogP contribution >= 0.6 is 0 Å². The van der Waals surface area contributed by atoms with Crippen LogP contribution in [-0.4, -0.2) is 53.3 Å². The minimum absolute atomic E-state index is 0.00188. The number of rotatable bonds is 3. The maximum absolute atomic E-state index is 13.1. The van der Waals surface area contributed by atoms with Gasteiger partial charge in [0.15, 0.2) is 0 Å². The number of piperazine rings is 1. The van der Waals surface area contributed by atoms with Gasteiger partial charge in [-0.05, 0) is 41.5 Å². The lowest BCUT2D eigenvalue weighted by atomic mass is 9.98. The summed E-state index contributed by atoms with van der Waals surface area (Å²) in [5.41, 5.74) is 5.31. The first kappa shape index (κ1) is 18.4. The summed E-state index contributed by atoms with van der Waals surface area (Å²) in [5.74, 6) is 0.0834. The summed E-state index contributed by atoms with van der Waals surface area (Å²) in [6, 6.07) is 16.8. The van der Waals surface area contributed by atoms with Gasteiger partial charge in [0.2, 0.25) is 11.8 Å². The SMILES string of the molecule is O=C1NCCN(C2Cc3ccccc3C2)C1CC(=O)N1CCc2ccccc2C1. The van der Waals surface area contributed by atoms with Gasteiger partial charge in [0.05, 0.1) is 12.5 Å². The number of carbonyl (C=O) groups is 2. The van der Waals surface area contributed by atoms with E-state index in [0.29, 0.717) is 19.1 Å². The fourth-order valence-corrected chi connectivity index (χ4v) is 5.15. The van der Waals surface area contributed by atoms with Gasteiger partial charge in [0, 0.05) is 32.2 Å². The van der Waals surface area contributed by atoms with E-state index in [4.69, 9.17) is 0 Å². The molecule has 2 amide bonds. The highest BCUT2D eigenvalue weighted by Crippen LogP contribution is 2.28. The second-order valence-corrected chi connectivity index (χ2v) is 8.41. The van der Waals surface area contributed by atoms with Crippen molar-refractivity contribution in [1.29, 1.82) is 0 Å². The summed E-state index contributed by atoms with van der Waals surface area (Å²) < 4.78 is 0. The molecule has 0 spiro atoms. The molecule has 5 nitrogen and oxygen atoms in total. The summed E-state index contributed by atoms with van der Waals surface area (Å²) in [6.07, 6.45) is 3.08. The molecular weight excluding hydrogens is 362 g/mol. The molecule has 2 aromatic carbocycles. The Morgan fingerprint density at radius 2 is 1.59 bits per heavy atom. The van der Waals surface area contributed by atoms with Crippen molar-refractivity contribution in [2.45, 2.75) is 44.3 Å². The lowest BCUT2D eigenvalue weighted by molar-refractivity contribution is -0.140. The second-order valence-electron chi connectivity index (χ2n) is 8.41. The average molecular weight is 389 g/mol. The highest BCUT2D eigenvalue weighted by atomic mass is 16.2. The van der Waals surface area contributed by atoms with Crippen molar-refractivity contribution in [3.63, 3.8) is 0 Å². The van der Waals surface area contributed by atoms with Crippen molar-refractivity contribution >= 4 is 11.8 Å². The number of nitrogens with one attached hydrogen (secondary N) is 1. The molecule has 1 atom stereocenters. The quantitative estimate of drug-likeness (QED) is 0.873. The average Bonchev–Trinajstić information content (AvgIpc) is 3.19. The molecule has 1 unspecified atom stereocenters. The predicted octanol–water partition coefficient (Wildman–Crippen LogP) is 1.93. The Morgan fingerprint density at radius 3 is 2.31 bits per heavy atom. The lowest BCUT2D eigenvalue weighted by Crippen LogP contribution is -2.60. The molecule has 2 heterocycles. The monoisotopic (exact) mass is 389 g/mol. The number of nitrogens with zero attached hydrogens (tertiary/aromatic N) is 2. The first-order chi connectivity index (χ1) is 14.2. The number of benzene rings is 2. The number of amides is 2. The maximum atomic E-state index is 13.1. The zero-order chi connectivity index (χ0) is 19.8. The smallest absolute Gasteiger partial charge is 0.237 e. The molecule has 0 bridgehead atoms. The van der Waals surface area contributed by atoms with E-state index < -0.39 is 0 Å². The Hall–Kier alpha value is -2.66. The van der Waals surface area contributed by atoms with Gasteiger partial charge in [-0.3, -0.25) is 14.5 Å². The van der Waals surface area contributed by atoms with E-state index in [1.54, 1.807) is 0 Å². The molecule has 5 rings (SSSR count). The Labute approximate surface area is 171 Å². The van der Waals surface area contributed by atoms with Gasteiger partial charge < -0.3 is 10.2 Å². The summed E-state index contributed by atoms with van der Waals surface area (Å²) in [7, 11) is 0. The van der Waals surface area contributed by atoms with Gasteiger partial charge in [-0.15, -0.1) is 0 Å². The highest BCUT2D eigenvalue weighted by molar-refractivity contribution is 5.89. The summed E-state index contributed by atoms with van der Waals surface area (Å²) >= 11 is 0. The molecule has 1 aliphatic carbocycles. The Bertz CT molecular complexity index is 916. The molecule has 29 heavy (non-hydrogen) atoms. The number of hydrogen-bond acceptors (Lipinski definition) is 3. The minimum Gasteiger partial charge on any atom is -0.353 e. The Balaban J connectivity index is 1.30. The fraction of sp³-hybridized carbons (Fsp3) is 0.417. The topological polar surface area (TPSA) is 52.7 Å². The van der Waals surface area contributed by atoms with Gasteiger partial charge in [-0.25, -0.2) is 0 Å². The Morgan fingerprint density at radius 1 is 0.931 bits per heavy atom. The fourth-order valence-electron chi connectivity index (χ4n) is 5.15. The van der Waals surface area contributed by atoms with Crippen molar-refractivity contribution in [2.24, 2.45) is 0 Å². The van der Waals surface area contributed by atoms with Crippen LogP contribution in [0.3, 0.4) is 0 Å². The Kier molecular flexibility index (Phi) is 4.84. The zero-order valence-corrected chi connectivity index (χ0v) is 16.6. The van der Waals surface area contributed by atoms with E-state index in [-0.39, 0.29) is 24.3 Å². The van der Waals surface area contributed by atoms with Crippen LogP contribution in [0, 0.1) is 0 Å². The van der Waals surface area contributed by atoms with Gasteiger partial charge >= 0.3 is 0 Å². The number of carbonyl (C=O) groups excluding carboxylic acids is 2. The third-order valence-corrected chi connectivity index (χ3v) is 6.72. The van der Waals surface area contributed by atoms with Crippen molar-refractivity contribution < 1.29 is 9.59 Å². The maximum Gasteiger partial charge on any atom is 0.237 e. The molecule has 150 valence electrons. The highest BCUT2D eigenvalue weighted by Gasteiger charge is 2.39. The molecule has 1 saturated heterocycles. The van der Waals surface area contributed by atoms with E-state index >= 15 is 0 Å². The van der Waals surface area contributed by atoms with E-state index in [9.17, 15) is 9.59 Å². The van der Waals surface area contributed by atoms with E-state index in [1.807, 2.05) is 11.0 Å². The van der Waals surface area contributed by atoms with Crippen molar-refractivity contribution in [3.8, 4) is 0 Å². The molecule has 5 heteroatoms. The molecule has 0 radical (unpaired) electrons. The molecule has 1 fully saturated rings. The second kappa shape index (κ2) is 7.64. The van der Waals surface area contributed by atoms with Crippen LogP contribution in [0.4, 0.5) is 0 Å². The normalized spacial score (nSPS) is 22.1. The van der Waals surface area contributed by atoms with Gasteiger partial charge in [-0.2, -0.15) is 0 Å². The van der Waals surface area contributed by atoms with E-state index in [1.165, 1.54) is 22.3 Å². The largest absolute Gasteiger partial charge is 0.353 e. The van der Waals surface area contributed by atoms with Crippen LogP contribution in [-0.2, 0) is 35.4 Å². The molecule has 1 N–H and O–H groups in total. The van der Waals surface area contributed by atoms with Crippen molar-refractivity contribution in [2.75, 3.05) is 19.6 Å². The van der Waals surface area contributed by atoms with Crippen LogP contribution in [0.5, 0.6) is 0 Å². The first-order valence-corrected chi connectivity index (χ1v) is 10.6. The third-order valence-electron chi connectivity index (χ3n) is 6.72. The summed E-state index contributed by atoms with van der Waals surface area (Å²) in [5, 5.41) is 2.98. The van der Waals surface area contributed by atoms with Gasteiger partial charge in [0.1, 0.15) is 0 Å². The summed E-state index contributed by atoms with van der Waals surface area (Å²) in [4.78, 5) is 30.1. The van der Waals surface area contributed by atoms with Crippen LogP contribution < -0.4 is 5.32 Å². The molecular formula is C24H27N3O2. The number of hydrogen-bond donors (Lipinski definition) is 1. The molecule has 3 aliphatic rings. The lowest BCUT2D eigenvalue weighted by Gasteiger charge is -2.40. The van der Waals surface area contributed by atoms with Crippen LogP contribution in [0.15, 0.2) is 48.5 Å². The summed E-state index contributed by atoms with van der Waals surface area (Å²) in [6.45, 7) is 2.86. The molecule has 2 aromatic rings. The van der Waals surface area contributed by atoms with Gasteiger partial charge in [0.25, 0.3) is 0 Å². The van der Waals surface area contributed by atoms with E-state index in [2.05, 4.69) is 52.7 Å². The van der Waals surface area contributed by atoms with E-state index in [0.717, 1.165) is 32.4 Å². The van der Waals surface area contributed by atoms with Crippen molar-refractivity contribution in [1.82, 2.24) is 15.1 Å². The molecule has 0 aromatic heterocycles. The first-order valence-electron chi connectivity index (χ1n) is 10.6. The van der Waals surface area contributed by atoms with Crippen molar-refractivity contribution in [3.05, 3.63) is 70.8 Å². The van der Waals surface area contributed by atoms with Gasteiger partial charge in [-0.1, -0.05) is 48.5 Å². The predicted molar refractivity (Wildman–Crippen MR) is 111 cm³/mol. The van der Waals surface area contributed by atoms with Crippen LogP contribution in [0.2, 0.25) is 0 Å². The minimum atomic E-state index is -0.368. The number of fused-ring (bicyclic) bond motifs is 2. The zero-order valence-electron chi connectivity index (χ0n) is 16.6.